The summed E-state index contributed by atoms with van der Waals surface area (Å²) in [6.45, 7) is 7.77. The molecule has 0 aliphatic carbocycles. The SMILES string of the molecule is CC(C)C(=O)N1Cc2ccccc2C2(CCNCC2)C1. The minimum absolute atomic E-state index is 0.0824. The number of nitrogens with one attached hydrogen (secondary N) is 1. The van der Waals surface area contributed by atoms with Crippen LogP contribution in [0.2, 0.25) is 0 Å². The first-order valence-corrected chi connectivity index (χ1v) is 7.70. The van der Waals surface area contributed by atoms with Gasteiger partial charge in [0.05, 0.1) is 0 Å². The van der Waals surface area contributed by atoms with Crippen molar-refractivity contribution in [2.45, 2.75) is 38.6 Å². The van der Waals surface area contributed by atoms with E-state index in [0.29, 0.717) is 0 Å². The molecule has 3 rings (SSSR count). The van der Waals surface area contributed by atoms with Crippen LogP contribution in [0.3, 0.4) is 0 Å². The van der Waals surface area contributed by atoms with Crippen molar-refractivity contribution in [1.82, 2.24) is 10.2 Å². The smallest absolute Gasteiger partial charge is 0.225 e. The summed E-state index contributed by atoms with van der Waals surface area (Å²) in [7, 11) is 0. The van der Waals surface area contributed by atoms with Gasteiger partial charge in [0.15, 0.2) is 0 Å². The summed E-state index contributed by atoms with van der Waals surface area (Å²) in [5.41, 5.74) is 2.99. The first kappa shape index (κ1) is 13.6. The van der Waals surface area contributed by atoms with Crippen molar-refractivity contribution in [2.24, 2.45) is 5.92 Å². The lowest BCUT2D eigenvalue weighted by Gasteiger charge is -2.47. The van der Waals surface area contributed by atoms with Crippen LogP contribution < -0.4 is 5.32 Å². The van der Waals surface area contributed by atoms with Crippen LogP contribution in [0.5, 0.6) is 0 Å². The Morgan fingerprint density at radius 2 is 1.95 bits per heavy atom. The molecular formula is C17H24N2O. The predicted molar refractivity (Wildman–Crippen MR) is 80.5 cm³/mol. The van der Waals surface area contributed by atoms with Gasteiger partial charge in [-0.15, -0.1) is 0 Å². The van der Waals surface area contributed by atoms with E-state index in [-0.39, 0.29) is 17.2 Å². The molecule has 0 saturated carbocycles. The summed E-state index contributed by atoms with van der Waals surface area (Å²) in [4.78, 5) is 14.5. The summed E-state index contributed by atoms with van der Waals surface area (Å²) in [5, 5.41) is 3.45. The zero-order valence-electron chi connectivity index (χ0n) is 12.5. The van der Waals surface area contributed by atoms with Crippen LogP contribution in [0.15, 0.2) is 24.3 Å². The largest absolute Gasteiger partial charge is 0.337 e. The topological polar surface area (TPSA) is 32.3 Å². The van der Waals surface area contributed by atoms with Crippen LogP contribution in [0, 0.1) is 5.92 Å². The van der Waals surface area contributed by atoms with E-state index in [9.17, 15) is 4.79 Å². The lowest BCUT2D eigenvalue weighted by atomic mass is 9.69. The Kier molecular flexibility index (Phi) is 3.55. The minimum atomic E-state index is 0.0824. The van der Waals surface area contributed by atoms with E-state index < -0.39 is 0 Å². The number of carbonyl (C=O) groups is 1. The van der Waals surface area contributed by atoms with E-state index >= 15 is 0 Å². The first-order chi connectivity index (χ1) is 9.62. The number of amides is 1. The van der Waals surface area contributed by atoms with Crippen molar-refractivity contribution >= 4 is 5.91 Å². The maximum absolute atomic E-state index is 12.4. The van der Waals surface area contributed by atoms with Gasteiger partial charge in [0.2, 0.25) is 5.91 Å². The summed E-state index contributed by atoms with van der Waals surface area (Å²) < 4.78 is 0. The number of fused-ring (bicyclic) bond motifs is 2. The van der Waals surface area contributed by atoms with Gasteiger partial charge in [-0.3, -0.25) is 4.79 Å². The van der Waals surface area contributed by atoms with E-state index in [4.69, 9.17) is 0 Å². The van der Waals surface area contributed by atoms with E-state index in [1.807, 2.05) is 13.8 Å². The molecule has 108 valence electrons. The molecule has 1 aromatic carbocycles. The quantitative estimate of drug-likeness (QED) is 0.851. The Morgan fingerprint density at radius 3 is 2.65 bits per heavy atom. The molecule has 0 bridgehead atoms. The fourth-order valence-corrected chi connectivity index (χ4v) is 3.74. The maximum Gasteiger partial charge on any atom is 0.225 e. The van der Waals surface area contributed by atoms with Gasteiger partial charge in [0, 0.05) is 24.4 Å². The lowest BCUT2D eigenvalue weighted by molar-refractivity contribution is -0.136. The highest BCUT2D eigenvalue weighted by atomic mass is 16.2. The molecule has 3 heteroatoms. The Hall–Kier alpha value is -1.35. The molecule has 1 N–H and O–H groups in total. The summed E-state index contributed by atoms with van der Waals surface area (Å²) >= 11 is 0. The van der Waals surface area contributed by atoms with Crippen LogP contribution in [0.25, 0.3) is 0 Å². The fraction of sp³-hybridized carbons (Fsp3) is 0.588. The predicted octanol–water partition coefficient (Wildman–Crippen LogP) is 2.31. The van der Waals surface area contributed by atoms with Gasteiger partial charge in [0.1, 0.15) is 0 Å². The van der Waals surface area contributed by atoms with Gasteiger partial charge in [-0.25, -0.2) is 0 Å². The first-order valence-electron chi connectivity index (χ1n) is 7.70. The monoisotopic (exact) mass is 272 g/mol. The van der Waals surface area contributed by atoms with Crippen LogP contribution in [0.4, 0.5) is 0 Å². The zero-order chi connectivity index (χ0) is 14.2. The third-order valence-electron chi connectivity index (χ3n) is 4.81. The highest BCUT2D eigenvalue weighted by Crippen LogP contribution is 2.40. The second-order valence-electron chi connectivity index (χ2n) is 6.54. The number of hydrogen-bond acceptors (Lipinski definition) is 2. The molecule has 1 spiro atoms. The maximum atomic E-state index is 12.4. The highest BCUT2D eigenvalue weighted by Gasteiger charge is 2.41. The van der Waals surface area contributed by atoms with Crippen molar-refractivity contribution in [1.29, 1.82) is 0 Å². The third kappa shape index (κ3) is 2.24. The van der Waals surface area contributed by atoms with Crippen LogP contribution in [0.1, 0.15) is 37.8 Å². The summed E-state index contributed by atoms with van der Waals surface area (Å²) in [6.07, 6.45) is 2.26. The number of piperidine rings is 1. The number of benzene rings is 1. The molecule has 1 amide bonds. The Morgan fingerprint density at radius 1 is 1.25 bits per heavy atom. The molecular weight excluding hydrogens is 248 g/mol. The molecule has 0 atom stereocenters. The van der Waals surface area contributed by atoms with Gasteiger partial charge >= 0.3 is 0 Å². The number of carbonyl (C=O) groups excluding carboxylic acids is 1. The van der Waals surface area contributed by atoms with Gasteiger partial charge < -0.3 is 10.2 Å². The van der Waals surface area contributed by atoms with Crippen molar-refractivity contribution in [3.8, 4) is 0 Å². The zero-order valence-corrected chi connectivity index (χ0v) is 12.5. The van der Waals surface area contributed by atoms with Crippen molar-refractivity contribution in [3.05, 3.63) is 35.4 Å². The third-order valence-corrected chi connectivity index (χ3v) is 4.81. The van der Waals surface area contributed by atoms with E-state index in [1.165, 1.54) is 11.1 Å². The van der Waals surface area contributed by atoms with E-state index in [0.717, 1.165) is 39.0 Å². The van der Waals surface area contributed by atoms with Crippen LogP contribution >= 0.6 is 0 Å². The van der Waals surface area contributed by atoms with Gasteiger partial charge in [0.25, 0.3) is 0 Å². The standard InChI is InChI=1S/C17H24N2O/c1-13(2)16(20)19-11-14-5-3-4-6-15(14)17(12-19)7-9-18-10-8-17/h3-6,13,18H,7-12H2,1-2H3. The highest BCUT2D eigenvalue weighted by molar-refractivity contribution is 5.78. The molecule has 1 aromatic rings. The second kappa shape index (κ2) is 5.21. The molecule has 2 heterocycles. The summed E-state index contributed by atoms with van der Waals surface area (Å²) in [5.74, 6) is 0.372. The number of hydrogen-bond donors (Lipinski definition) is 1. The molecule has 1 saturated heterocycles. The van der Waals surface area contributed by atoms with Gasteiger partial charge in [-0.2, -0.15) is 0 Å². The van der Waals surface area contributed by atoms with Crippen molar-refractivity contribution in [3.63, 3.8) is 0 Å². The molecule has 0 aromatic heterocycles. The van der Waals surface area contributed by atoms with Crippen LogP contribution in [-0.2, 0) is 16.8 Å². The average molecular weight is 272 g/mol. The molecule has 2 aliphatic heterocycles. The molecule has 20 heavy (non-hydrogen) atoms. The second-order valence-corrected chi connectivity index (χ2v) is 6.54. The van der Waals surface area contributed by atoms with Gasteiger partial charge in [-0.1, -0.05) is 38.1 Å². The van der Waals surface area contributed by atoms with E-state index in [2.05, 4.69) is 34.5 Å². The normalized spacial score (nSPS) is 21.1. The molecule has 0 radical (unpaired) electrons. The molecule has 2 aliphatic rings. The Bertz CT molecular complexity index is 503. The van der Waals surface area contributed by atoms with Crippen LogP contribution in [-0.4, -0.2) is 30.4 Å². The minimum Gasteiger partial charge on any atom is -0.337 e. The number of nitrogens with zero attached hydrogens (tertiary/aromatic N) is 1. The van der Waals surface area contributed by atoms with Crippen molar-refractivity contribution in [2.75, 3.05) is 19.6 Å². The van der Waals surface area contributed by atoms with E-state index in [1.54, 1.807) is 0 Å². The Balaban J connectivity index is 1.98. The Labute approximate surface area is 121 Å². The number of rotatable bonds is 1. The fourth-order valence-electron chi connectivity index (χ4n) is 3.74. The molecule has 3 nitrogen and oxygen atoms in total. The molecule has 1 fully saturated rings. The lowest BCUT2D eigenvalue weighted by Crippen LogP contribution is -2.53. The van der Waals surface area contributed by atoms with Gasteiger partial charge in [-0.05, 0) is 37.1 Å². The molecule has 0 unspecified atom stereocenters. The average Bonchev–Trinajstić information content (AvgIpc) is 2.47. The van der Waals surface area contributed by atoms with Crippen molar-refractivity contribution < 1.29 is 4.79 Å². The summed E-state index contributed by atoms with van der Waals surface area (Å²) in [6, 6.07) is 8.70.